The topological polar surface area (TPSA) is 93.0 Å². The average Bonchev–Trinajstić information content (AvgIpc) is 2.50. The molecule has 4 N–H and O–H groups in total. The minimum atomic E-state index is -0.282. The zero-order valence-corrected chi connectivity index (χ0v) is 13.1. The smallest absolute Gasteiger partial charge is 0.228 e. The maximum Gasteiger partial charge on any atom is 0.228 e. The van der Waals surface area contributed by atoms with Crippen LogP contribution in [0.15, 0.2) is 40.9 Å². The zero-order chi connectivity index (χ0) is 16.1. The van der Waals surface area contributed by atoms with Gasteiger partial charge in [0.05, 0.1) is 5.69 Å². The summed E-state index contributed by atoms with van der Waals surface area (Å²) in [5.41, 5.74) is 4.27. The number of hydrogen-bond donors (Lipinski definition) is 4. The van der Waals surface area contributed by atoms with Crippen molar-refractivity contribution < 1.29 is 20.1 Å². The number of aromatic hydroxyl groups is 3. The maximum atomic E-state index is 11.1. The highest BCUT2D eigenvalue weighted by Gasteiger charge is 2.09. The highest BCUT2D eigenvalue weighted by molar-refractivity contribution is 9.10. The van der Waals surface area contributed by atoms with E-state index >= 15 is 0 Å². The standard InChI is InChI=1S/C15H15BrN2O4/c16-12-7-14(21)15(22)8-13(12)17-18(9-19)6-5-10-1-3-11(20)4-2-10/h1-4,7-9,17,20-22H,5-6H2. The molecule has 0 saturated heterocycles. The van der Waals surface area contributed by atoms with Crippen LogP contribution >= 0.6 is 15.9 Å². The van der Waals surface area contributed by atoms with E-state index in [0.717, 1.165) is 5.56 Å². The number of phenolic OH excluding ortho intramolecular Hbond substituents is 3. The highest BCUT2D eigenvalue weighted by atomic mass is 79.9. The fraction of sp³-hybridized carbons (Fsp3) is 0.133. The van der Waals surface area contributed by atoms with Crippen molar-refractivity contribution in [2.75, 3.05) is 12.0 Å². The Bertz CT molecular complexity index is 661. The Morgan fingerprint density at radius 1 is 1.09 bits per heavy atom. The van der Waals surface area contributed by atoms with E-state index in [1.54, 1.807) is 24.3 Å². The number of hydrazine groups is 1. The number of carbonyl (C=O) groups is 1. The number of amides is 1. The van der Waals surface area contributed by atoms with Gasteiger partial charge in [-0.25, -0.2) is 0 Å². The minimum absolute atomic E-state index is 0.192. The van der Waals surface area contributed by atoms with Crippen molar-refractivity contribution in [2.24, 2.45) is 0 Å². The number of anilines is 1. The van der Waals surface area contributed by atoms with E-state index in [0.29, 0.717) is 29.5 Å². The van der Waals surface area contributed by atoms with Crippen LogP contribution in [0.2, 0.25) is 0 Å². The predicted octanol–water partition coefficient (Wildman–Crippen LogP) is 2.59. The Hall–Kier alpha value is -2.41. The number of benzene rings is 2. The van der Waals surface area contributed by atoms with Crippen molar-refractivity contribution >= 4 is 28.0 Å². The Labute approximate surface area is 135 Å². The van der Waals surface area contributed by atoms with E-state index in [-0.39, 0.29) is 17.2 Å². The summed E-state index contributed by atoms with van der Waals surface area (Å²) in [7, 11) is 0. The molecule has 6 nitrogen and oxygen atoms in total. The van der Waals surface area contributed by atoms with Gasteiger partial charge in [0.15, 0.2) is 11.5 Å². The van der Waals surface area contributed by atoms with Crippen molar-refractivity contribution in [3.05, 3.63) is 46.4 Å². The summed E-state index contributed by atoms with van der Waals surface area (Å²) in [6.07, 6.45) is 1.23. The molecular weight excluding hydrogens is 352 g/mol. The third kappa shape index (κ3) is 4.05. The lowest BCUT2D eigenvalue weighted by Gasteiger charge is -2.21. The van der Waals surface area contributed by atoms with E-state index in [4.69, 9.17) is 0 Å². The first-order valence-electron chi connectivity index (χ1n) is 6.47. The molecule has 22 heavy (non-hydrogen) atoms. The first kappa shape index (κ1) is 16.0. The number of nitrogens with zero attached hydrogens (tertiary/aromatic N) is 1. The van der Waals surface area contributed by atoms with E-state index < -0.39 is 0 Å². The Morgan fingerprint density at radius 2 is 1.73 bits per heavy atom. The fourth-order valence-corrected chi connectivity index (χ4v) is 2.26. The summed E-state index contributed by atoms with van der Waals surface area (Å²) in [6, 6.07) is 9.38. The Balaban J connectivity index is 2.02. The van der Waals surface area contributed by atoms with E-state index in [1.807, 2.05) is 0 Å². The molecule has 0 aliphatic heterocycles. The summed E-state index contributed by atoms with van der Waals surface area (Å²) >= 11 is 3.24. The van der Waals surface area contributed by atoms with E-state index in [2.05, 4.69) is 21.4 Å². The zero-order valence-electron chi connectivity index (χ0n) is 11.5. The van der Waals surface area contributed by atoms with Crippen LogP contribution in [0.1, 0.15) is 5.56 Å². The lowest BCUT2D eigenvalue weighted by molar-refractivity contribution is -0.117. The van der Waals surface area contributed by atoms with Crippen LogP contribution in [-0.2, 0) is 11.2 Å². The largest absolute Gasteiger partial charge is 0.508 e. The summed E-state index contributed by atoms with van der Waals surface area (Å²) in [5.74, 6) is -0.341. The van der Waals surface area contributed by atoms with Gasteiger partial charge in [-0.15, -0.1) is 0 Å². The van der Waals surface area contributed by atoms with Gasteiger partial charge in [-0.05, 0) is 40.0 Å². The lowest BCUT2D eigenvalue weighted by atomic mass is 10.1. The summed E-state index contributed by atoms with van der Waals surface area (Å²) in [4.78, 5) is 11.1. The number of carbonyl (C=O) groups excluding carboxylic acids is 1. The van der Waals surface area contributed by atoms with Crippen LogP contribution < -0.4 is 5.43 Å². The lowest BCUT2D eigenvalue weighted by Crippen LogP contribution is -2.30. The number of phenols is 3. The first-order chi connectivity index (χ1) is 10.5. The molecule has 0 radical (unpaired) electrons. The maximum absolute atomic E-state index is 11.1. The van der Waals surface area contributed by atoms with Gasteiger partial charge in [0.2, 0.25) is 6.41 Å². The van der Waals surface area contributed by atoms with Crippen LogP contribution in [0.25, 0.3) is 0 Å². The number of halogens is 1. The molecule has 0 atom stereocenters. The Kier molecular flexibility index (Phi) is 5.11. The molecule has 116 valence electrons. The second-order valence-electron chi connectivity index (χ2n) is 4.65. The van der Waals surface area contributed by atoms with Crippen LogP contribution in [0.4, 0.5) is 5.69 Å². The SMILES string of the molecule is O=CN(CCc1ccc(O)cc1)Nc1cc(O)c(O)cc1Br. The molecule has 0 aliphatic carbocycles. The number of hydrogen-bond acceptors (Lipinski definition) is 5. The number of nitrogens with one attached hydrogen (secondary N) is 1. The second kappa shape index (κ2) is 7.04. The molecule has 2 rings (SSSR count). The monoisotopic (exact) mass is 366 g/mol. The fourth-order valence-electron chi connectivity index (χ4n) is 1.84. The third-order valence-electron chi connectivity index (χ3n) is 3.03. The molecule has 2 aromatic rings. The van der Waals surface area contributed by atoms with Crippen molar-refractivity contribution in [3.63, 3.8) is 0 Å². The molecule has 0 unspecified atom stereocenters. The molecule has 7 heteroatoms. The molecule has 0 heterocycles. The van der Waals surface area contributed by atoms with Gasteiger partial charge in [-0.1, -0.05) is 12.1 Å². The number of rotatable bonds is 6. The molecule has 0 spiro atoms. The van der Waals surface area contributed by atoms with Crippen LogP contribution in [0.5, 0.6) is 17.2 Å². The Morgan fingerprint density at radius 3 is 2.36 bits per heavy atom. The van der Waals surface area contributed by atoms with Crippen LogP contribution in [0.3, 0.4) is 0 Å². The van der Waals surface area contributed by atoms with E-state index in [1.165, 1.54) is 17.1 Å². The molecule has 0 bridgehead atoms. The van der Waals surface area contributed by atoms with Gasteiger partial charge in [0.1, 0.15) is 5.75 Å². The normalized spacial score (nSPS) is 10.2. The molecule has 0 aliphatic rings. The highest BCUT2D eigenvalue weighted by Crippen LogP contribution is 2.34. The van der Waals surface area contributed by atoms with Gasteiger partial charge in [0, 0.05) is 23.2 Å². The van der Waals surface area contributed by atoms with Crippen molar-refractivity contribution in [1.29, 1.82) is 0 Å². The summed E-state index contributed by atoms with van der Waals surface area (Å²) in [5, 5.41) is 29.4. The summed E-state index contributed by atoms with van der Waals surface area (Å²) < 4.78 is 0.513. The van der Waals surface area contributed by atoms with Crippen LogP contribution in [0, 0.1) is 0 Å². The van der Waals surface area contributed by atoms with Gasteiger partial charge < -0.3 is 15.3 Å². The second-order valence-corrected chi connectivity index (χ2v) is 5.50. The molecule has 1 amide bonds. The van der Waals surface area contributed by atoms with E-state index in [9.17, 15) is 20.1 Å². The molecule has 0 fully saturated rings. The predicted molar refractivity (Wildman–Crippen MR) is 85.7 cm³/mol. The average molecular weight is 367 g/mol. The molecule has 0 aromatic heterocycles. The van der Waals surface area contributed by atoms with Gasteiger partial charge >= 0.3 is 0 Å². The minimum Gasteiger partial charge on any atom is -0.508 e. The van der Waals surface area contributed by atoms with Crippen molar-refractivity contribution in [1.82, 2.24) is 5.01 Å². The third-order valence-corrected chi connectivity index (χ3v) is 3.69. The van der Waals surface area contributed by atoms with Gasteiger partial charge in [0.25, 0.3) is 0 Å². The van der Waals surface area contributed by atoms with Crippen LogP contribution in [-0.4, -0.2) is 33.3 Å². The first-order valence-corrected chi connectivity index (χ1v) is 7.27. The van der Waals surface area contributed by atoms with Crippen molar-refractivity contribution in [3.8, 4) is 17.2 Å². The molecule has 2 aromatic carbocycles. The van der Waals surface area contributed by atoms with Crippen molar-refractivity contribution in [2.45, 2.75) is 6.42 Å². The molecular formula is C15H15BrN2O4. The molecule has 0 saturated carbocycles. The van der Waals surface area contributed by atoms with Gasteiger partial charge in [-0.2, -0.15) is 0 Å². The van der Waals surface area contributed by atoms with Gasteiger partial charge in [-0.3, -0.25) is 15.2 Å². The summed E-state index contributed by atoms with van der Waals surface area (Å²) in [6.45, 7) is 0.391. The quantitative estimate of drug-likeness (QED) is 0.273.